The number of rotatable bonds is 3. The Labute approximate surface area is 145 Å². The molecule has 0 atom stereocenters. The van der Waals surface area contributed by atoms with Crippen molar-refractivity contribution in [1.29, 1.82) is 0 Å². The lowest BCUT2D eigenvalue weighted by molar-refractivity contribution is -0.137. The SMILES string of the molecule is Cc1nc2ccc(C(F)(F)F)cn2c1C(=O)NC(C)(C)CC(C)(C)C. The van der Waals surface area contributed by atoms with Gasteiger partial charge in [0, 0.05) is 11.7 Å². The Balaban J connectivity index is 2.42. The van der Waals surface area contributed by atoms with Crippen molar-refractivity contribution < 1.29 is 18.0 Å². The molecule has 0 fully saturated rings. The maximum Gasteiger partial charge on any atom is 0.417 e. The third-order valence-electron chi connectivity index (χ3n) is 3.76. The average molecular weight is 355 g/mol. The van der Waals surface area contributed by atoms with E-state index in [4.69, 9.17) is 0 Å². The minimum Gasteiger partial charge on any atom is -0.346 e. The minimum atomic E-state index is -4.48. The predicted octanol–water partition coefficient (Wildman–Crippen LogP) is 4.61. The molecule has 2 heterocycles. The van der Waals surface area contributed by atoms with Gasteiger partial charge in [-0.2, -0.15) is 13.2 Å². The van der Waals surface area contributed by atoms with E-state index in [0.717, 1.165) is 18.7 Å². The molecule has 2 aromatic rings. The second-order valence-corrected chi connectivity index (χ2v) is 8.26. The van der Waals surface area contributed by atoms with Crippen LogP contribution >= 0.6 is 0 Å². The molecule has 1 N–H and O–H groups in total. The first kappa shape index (κ1) is 19.3. The summed E-state index contributed by atoms with van der Waals surface area (Å²) in [7, 11) is 0. The summed E-state index contributed by atoms with van der Waals surface area (Å²) < 4.78 is 40.1. The molecule has 2 rings (SSSR count). The number of halogens is 3. The van der Waals surface area contributed by atoms with Crippen LogP contribution in [0, 0.1) is 12.3 Å². The number of carbonyl (C=O) groups excluding carboxylic acids is 1. The van der Waals surface area contributed by atoms with Crippen LogP contribution in [-0.2, 0) is 6.18 Å². The number of carbonyl (C=O) groups is 1. The van der Waals surface area contributed by atoms with Crippen molar-refractivity contribution in [2.24, 2.45) is 5.41 Å². The molecule has 0 saturated carbocycles. The van der Waals surface area contributed by atoms with Crippen LogP contribution in [0.1, 0.15) is 62.8 Å². The average Bonchev–Trinajstić information content (AvgIpc) is 2.68. The van der Waals surface area contributed by atoms with Crippen LogP contribution in [0.2, 0.25) is 0 Å². The molecule has 0 bridgehead atoms. The van der Waals surface area contributed by atoms with E-state index in [1.165, 1.54) is 10.5 Å². The van der Waals surface area contributed by atoms with E-state index < -0.39 is 23.2 Å². The largest absolute Gasteiger partial charge is 0.417 e. The maximum atomic E-state index is 13.0. The first-order valence-corrected chi connectivity index (χ1v) is 8.08. The van der Waals surface area contributed by atoms with Crippen LogP contribution in [0.3, 0.4) is 0 Å². The lowest BCUT2D eigenvalue weighted by Gasteiger charge is -2.33. The van der Waals surface area contributed by atoms with Crippen LogP contribution < -0.4 is 5.32 Å². The minimum absolute atomic E-state index is 0.00520. The summed E-state index contributed by atoms with van der Waals surface area (Å²) in [4.78, 5) is 16.9. The fourth-order valence-electron chi connectivity index (χ4n) is 3.34. The van der Waals surface area contributed by atoms with Crippen molar-refractivity contribution in [3.63, 3.8) is 0 Å². The Bertz CT molecular complexity index is 798. The quantitative estimate of drug-likeness (QED) is 0.874. The summed E-state index contributed by atoms with van der Waals surface area (Å²) in [5.74, 6) is -0.432. The molecule has 7 heteroatoms. The monoisotopic (exact) mass is 355 g/mol. The van der Waals surface area contributed by atoms with E-state index in [9.17, 15) is 18.0 Å². The van der Waals surface area contributed by atoms with Gasteiger partial charge in [-0.15, -0.1) is 0 Å². The van der Waals surface area contributed by atoms with E-state index in [0.29, 0.717) is 11.3 Å². The molecule has 0 aliphatic rings. The molecule has 0 saturated heterocycles. The van der Waals surface area contributed by atoms with Gasteiger partial charge in [0.15, 0.2) is 0 Å². The van der Waals surface area contributed by atoms with Crippen molar-refractivity contribution in [3.05, 3.63) is 35.3 Å². The highest BCUT2D eigenvalue weighted by Crippen LogP contribution is 2.30. The highest BCUT2D eigenvalue weighted by atomic mass is 19.4. The van der Waals surface area contributed by atoms with Gasteiger partial charge in [0.05, 0.1) is 11.3 Å². The molecule has 0 radical (unpaired) electrons. The van der Waals surface area contributed by atoms with Crippen LogP contribution in [0.5, 0.6) is 0 Å². The first-order valence-electron chi connectivity index (χ1n) is 8.08. The molecule has 138 valence electrons. The lowest BCUT2D eigenvalue weighted by atomic mass is 9.82. The Morgan fingerprint density at radius 3 is 2.28 bits per heavy atom. The number of pyridine rings is 1. The topological polar surface area (TPSA) is 46.4 Å². The molecular weight excluding hydrogens is 331 g/mol. The number of imidazole rings is 1. The summed E-state index contributed by atoms with van der Waals surface area (Å²) in [6, 6.07) is 2.24. The molecule has 0 spiro atoms. The van der Waals surface area contributed by atoms with Crippen molar-refractivity contribution in [3.8, 4) is 0 Å². The van der Waals surface area contributed by atoms with Gasteiger partial charge in [0.2, 0.25) is 0 Å². The van der Waals surface area contributed by atoms with Crippen LogP contribution in [0.25, 0.3) is 5.65 Å². The number of aryl methyl sites for hydroxylation is 1. The number of aromatic nitrogens is 2. The Kier molecular flexibility index (Phi) is 4.65. The number of hydrogen-bond donors (Lipinski definition) is 1. The third-order valence-corrected chi connectivity index (χ3v) is 3.76. The van der Waals surface area contributed by atoms with Gasteiger partial charge >= 0.3 is 6.18 Å². The lowest BCUT2D eigenvalue weighted by Crippen LogP contribution is -2.46. The van der Waals surface area contributed by atoms with Gasteiger partial charge in [0.25, 0.3) is 5.91 Å². The fraction of sp³-hybridized carbons (Fsp3) is 0.556. The van der Waals surface area contributed by atoms with Crippen LogP contribution in [0.15, 0.2) is 18.3 Å². The molecule has 0 aliphatic heterocycles. The molecule has 1 amide bonds. The smallest absolute Gasteiger partial charge is 0.346 e. The van der Waals surface area contributed by atoms with E-state index in [2.05, 4.69) is 31.1 Å². The third kappa shape index (κ3) is 4.52. The van der Waals surface area contributed by atoms with Gasteiger partial charge in [-0.1, -0.05) is 20.8 Å². The van der Waals surface area contributed by atoms with Gasteiger partial charge in [-0.25, -0.2) is 4.98 Å². The zero-order valence-corrected chi connectivity index (χ0v) is 15.4. The highest BCUT2D eigenvalue weighted by molar-refractivity contribution is 5.95. The van der Waals surface area contributed by atoms with E-state index in [1.807, 2.05) is 13.8 Å². The zero-order chi connectivity index (χ0) is 19.2. The van der Waals surface area contributed by atoms with Crippen molar-refractivity contribution in [2.75, 3.05) is 0 Å². The summed E-state index contributed by atoms with van der Waals surface area (Å²) in [5, 5.41) is 2.93. The molecule has 0 unspecified atom stereocenters. The standard InChI is InChI=1S/C18H24F3N3O/c1-11-14(15(25)23-17(5,6)10-16(2,3)4)24-9-12(18(19,20)21)7-8-13(24)22-11/h7-9H,10H2,1-6H3,(H,23,25). The van der Waals surface area contributed by atoms with Crippen LogP contribution in [0.4, 0.5) is 13.2 Å². The van der Waals surface area contributed by atoms with Gasteiger partial charge < -0.3 is 5.32 Å². The van der Waals surface area contributed by atoms with Crippen molar-refractivity contribution in [1.82, 2.24) is 14.7 Å². The summed E-state index contributed by atoms with van der Waals surface area (Å²) in [6.45, 7) is 11.6. The van der Waals surface area contributed by atoms with E-state index >= 15 is 0 Å². The second-order valence-electron chi connectivity index (χ2n) is 8.26. The van der Waals surface area contributed by atoms with Gasteiger partial charge in [0.1, 0.15) is 11.3 Å². The first-order chi connectivity index (χ1) is 11.2. The van der Waals surface area contributed by atoms with E-state index in [1.54, 1.807) is 6.92 Å². The summed E-state index contributed by atoms with van der Waals surface area (Å²) in [6.07, 6.45) is -2.85. The van der Waals surface area contributed by atoms with Gasteiger partial charge in [-0.05, 0) is 44.7 Å². The molecular formula is C18H24F3N3O. The fourth-order valence-corrected chi connectivity index (χ4v) is 3.34. The molecule has 0 aliphatic carbocycles. The Morgan fingerprint density at radius 2 is 1.76 bits per heavy atom. The normalized spacial score (nSPS) is 13.3. The van der Waals surface area contributed by atoms with E-state index in [-0.39, 0.29) is 11.1 Å². The molecule has 4 nitrogen and oxygen atoms in total. The Hall–Kier alpha value is -2.05. The predicted molar refractivity (Wildman–Crippen MR) is 90.5 cm³/mol. The summed E-state index contributed by atoms with van der Waals surface area (Å²) >= 11 is 0. The van der Waals surface area contributed by atoms with Crippen molar-refractivity contribution in [2.45, 2.75) is 59.7 Å². The number of nitrogens with zero attached hydrogens (tertiary/aromatic N) is 2. The van der Waals surface area contributed by atoms with Crippen molar-refractivity contribution >= 4 is 11.6 Å². The zero-order valence-electron chi connectivity index (χ0n) is 15.4. The Morgan fingerprint density at radius 1 is 1.16 bits per heavy atom. The molecule has 2 aromatic heterocycles. The highest BCUT2D eigenvalue weighted by Gasteiger charge is 2.33. The number of fused-ring (bicyclic) bond motifs is 1. The number of nitrogens with one attached hydrogen (secondary N) is 1. The number of alkyl halides is 3. The number of amides is 1. The molecule has 0 aromatic carbocycles. The maximum absolute atomic E-state index is 13.0. The van der Waals surface area contributed by atoms with Crippen LogP contribution in [-0.4, -0.2) is 20.8 Å². The second kappa shape index (κ2) is 6.04. The van der Waals surface area contributed by atoms with Gasteiger partial charge in [-0.3, -0.25) is 9.20 Å². The summed E-state index contributed by atoms with van der Waals surface area (Å²) in [5.41, 5.74) is -0.501. The number of hydrogen-bond acceptors (Lipinski definition) is 2. The molecule has 25 heavy (non-hydrogen) atoms.